The van der Waals surface area contributed by atoms with Crippen molar-refractivity contribution in [3.8, 4) is 0 Å². The Morgan fingerprint density at radius 2 is 1.46 bits per heavy atom. The first kappa shape index (κ1) is 26.0. The monoisotopic (exact) mass is 522 g/mol. The van der Waals surface area contributed by atoms with E-state index in [1.165, 1.54) is 11.1 Å². The zero-order chi connectivity index (χ0) is 20.8. The molecule has 0 radical (unpaired) electrons. The second-order valence-corrected chi connectivity index (χ2v) is 9.10. The predicted octanol–water partition coefficient (Wildman–Crippen LogP) is 6.20. The Balaban J connectivity index is 0.000000280. The van der Waals surface area contributed by atoms with E-state index in [0.717, 1.165) is 92.8 Å². The molecule has 1 N–H and O–H groups in total. The molecule has 0 aromatic rings. The molecule has 2 rings (SSSR count). The lowest BCUT2D eigenvalue weighted by atomic mass is 9.94. The summed E-state index contributed by atoms with van der Waals surface area (Å²) in [6.07, 6.45) is 12.3. The minimum absolute atomic E-state index is 0.249. The summed E-state index contributed by atoms with van der Waals surface area (Å²) in [6.45, 7) is 1.66. The number of Topliss-reactive ketones (excluding diaryl/α,β-unsaturated/α-hetero) is 1. The largest absolute Gasteiger partial charge is 0.388 e. The number of rotatable bonds is 10. The van der Waals surface area contributed by atoms with E-state index in [1.807, 2.05) is 0 Å². The summed E-state index contributed by atoms with van der Waals surface area (Å²) in [5.74, 6) is 0.276. The molecule has 28 heavy (non-hydrogen) atoms. The van der Waals surface area contributed by atoms with Crippen molar-refractivity contribution in [1.82, 2.24) is 0 Å². The zero-order valence-corrected chi connectivity index (χ0v) is 20.6. The van der Waals surface area contributed by atoms with Crippen molar-refractivity contribution >= 4 is 37.6 Å². The molecule has 0 aliphatic heterocycles. The topological polar surface area (TPSA) is 55.8 Å². The van der Waals surface area contributed by atoms with Crippen LogP contribution >= 0.6 is 31.9 Å². The van der Waals surface area contributed by atoms with E-state index in [4.69, 9.17) is 9.47 Å². The lowest BCUT2D eigenvalue weighted by Crippen LogP contribution is -2.13. The van der Waals surface area contributed by atoms with Crippen molar-refractivity contribution in [2.45, 2.75) is 83.2 Å². The highest BCUT2D eigenvalue weighted by Gasteiger charge is 2.18. The number of carbonyl (C=O) groups excluding carboxylic acids is 1. The lowest BCUT2D eigenvalue weighted by Gasteiger charge is -2.21. The van der Waals surface area contributed by atoms with Crippen LogP contribution in [0.15, 0.2) is 20.1 Å². The summed E-state index contributed by atoms with van der Waals surface area (Å²) >= 11 is 6.88. The van der Waals surface area contributed by atoms with Gasteiger partial charge in [0.25, 0.3) is 0 Å². The molecule has 0 amide bonds. The molecule has 6 heteroatoms. The van der Waals surface area contributed by atoms with Crippen LogP contribution in [0.25, 0.3) is 0 Å². The van der Waals surface area contributed by atoms with Gasteiger partial charge in [-0.3, -0.25) is 4.79 Å². The molecule has 162 valence electrons. The van der Waals surface area contributed by atoms with Gasteiger partial charge >= 0.3 is 0 Å². The van der Waals surface area contributed by atoms with Gasteiger partial charge in [0.2, 0.25) is 0 Å². The molecular weight excluding hydrogens is 488 g/mol. The quantitative estimate of drug-likeness (QED) is 0.346. The Morgan fingerprint density at radius 3 is 2.07 bits per heavy atom. The van der Waals surface area contributed by atoms with E-state index < -0.39 is 0 Å². The molecule has 0 fully saturated rings. The highest BCUT2D eigenvalue weighted by molar-refractivity contribution is 9.12. The van der Waals surface area contributed by atoms with E-state index in [1.54, 1.807) is 14.2 Å². The Kier molecular flexibility index (Phi) is 14.7. The van der Waals surface area contributed by atoms with Gasteiger partial charge < -0.3 is 14.6 Å². The fraction of sp³-hybridized carbons (Fsp3) is 0.773. The third-order valence-electron chi connectivity index (χ3n) is 5.18. The Bertz CT molecular complexity index is 529. The maximum Gasteiger partial charge on any atom is 0.169 e. The first-order valence-electron chi connectivity index (χ1n) is 10.4. The minimum Gasteiger partial charge on any atom is -0.388 e. The maximum absolute atomic E-state index is 11.4. The summed E-state index contributed by atoms with van der Waals surface area (Å²) in [4.78, 5) is 11.4. The first-order chi connectivity index (χ1) is 13.5. The fourth-order valence-corrected chi connectivity index (χ4v) is 4.74. The van der Waals surface area contributed by atoms with E-state index in [9.17, 15) is 9.90 Å². The normalized spacial score (nSPS) is 20.3. The van der Waals surface area contributed by atoms with Gasteiger partial charge in [-0.25, -0.2) is 0 Å². The van der Waals surface area contributed by atoms with Crippen molar-refractivity contribution < 1.29 is 19.4 Å². The third-order valence-corrected chi connectivity index (χ3v) is 7.27. The number of allylic oxidation sites excluding steroid dienone is 3. The smallest absolute Gasteiger partial charge is 0.169 e. The third kappa shape index (κ3) is 10.1. The average molecular weight is 524 g/mol. The molecule has 0 heterocycles. The van der Waals surface area contributed by atoms with E-state index in [0.29, 0.717) is 6.42 Å². The van der Waals surface area contributed by atoms with Gasteiger partial charge in [-0.15, -0.1) is 0 Å². The number of hydrogen-bond donors (Lipinski definition) is 1. The number of aliphatic hydroxyl groups is 1. The zero-order valence-electron chi connectivity index (χ0n) is 17.4. The van der Waals surface area contributed by atoms with Gasteiger partial charge in [0, 0.05) is 38.3 Å². The van der Waals surface area contributed by atoms with Crippen molar-refractivity contribution in [2.75, 3.05) is 27.4 Å². The van der Waals surface area contributed by atoms with Gasteiger partial charge in [0.15, 0.2) is 5.78 Å². The van der Waals surface area contributed by atoms with Gasteiger partial charge in [-0.1, -0.05) is 27.1 Å². The molecule has 0 aromatic heterocycles. The highest BCUT2D eigenvalue weighted by atomic mass is 79.9. The van der Waals surface area contributed by atoms with E-state index in [2.05, 4.69) is 31.9 Å². The summed E-state index contributed by atoms with van der Waals surface area (Å²) < 4.78 is 11.9. The summed E-state index contributed by atoms with van der Waals surface area (Å²) in [5, 5.41) is 9.62. The minimum atomic E-state index is -0.249. The number of ketones is 1. The SMILES string of the molecule is COCCCCC1=C(Br)C(=O)CCC1.COCCCCC1=C(Br)[C@@H](O)CCC1. The number of unbranched alkanes of at least 4 members (excludes halogenated alkanes) is 2. The van der Waals surface area contributed by atoms with Gasteiger partial charge in [-0.2, -0.15) is 0 Å². The number of aliphatic hydroxyl groups excluding tert-OH is 1. The van der Waals surface area contributed by atoms with Gasteiger partial charge in [0.05, 0.1) is 10.6 Å². The molecule has 0 bridgehead atoms. The number of halogens is 2. The van der Waals surface area contributed by atoms with Crippen LogP contribution in [0.3, 0.4) is 0 Å². The van der Waals surface area contributed by atoms with Crippen molar-refractivity contribution in [3.63, 3.8) is 0 Å². The van der Waals surface area contributed by atoms with Crippen molar-refractivity contribution in [2.24, 2.45) is 0 Å². The average Bonchev–Trinajstić information content (AvgIpc) is 2.69. The summed E-state index contributed by atoms with van der Waals surface area (Å²) in [7, 11) is 3.46. The maximum atomic E-state index is 11.4. The molecule has 0 aromatic carbocycles. The lowest BCUT2D eigenvalue weighted by molar-refractivity contribution is -0.115. The molecule has 4 nitrogen and oxygen atoms in total. The molecule has 0 saturated heterocycles. The Morgan fingerprint density at radius 1 is 0.893 bits per heavy atom. The second-order valence-electron chi connectivity index (χ2n) is 7.45. The fourth-order valence-electron chi connectivity index (χ4n) is 3.52. The van der Waals surface area contributed by atoms with E-state index >= 15 is 0 Å². The standard InChI is InChI=1S/C11H19BrO2.C11H17BrO2/c2*1-14-8-3-2-5-9-6-4-7-10(13)11(9)12/h10,13H,2-8H2,1H3;2-8H2,1H3/t10-;/m0./s1. The van der Waals surface area contributed by atoms with Crippen molar-refractivity contribution in [3.05, 3.63) is 20.1 Å². The molecule has 0 unspecified atom stereocenters. The van der Waals surface area contributed by atoms with E-state index in [-0.39, 0.29) is 11.9 Å². The summed E-state index contributed by atoms with van der Waals surface area (Å²) in [5.41, 5.74) is 2.71. The van der Waals surface area contributed by atoms with Crippen LogP contribution in [-0.4, -0.2) is 44.4 Å². The van der Waals surface area contributed by atoms with Gasteiger partial charge in [0.1, 0.15) is 0 Å². The first-order valence-corrected chi connectivity index (χ1v) is 12.0. The number of carbonyl (C=O) groups is 1. The molecule has 0 spiro atoms. The molecule has 2 aliphatic carbocycles. The van der Waals surface area contributed by atoms with Crippen molar-refractivity contribution in [1.29, 1.82) is 0 Å². The number of methoxy groups -OCH3 is 2. The number of ether oxygens (including phenoxy) is 2. The van der Waals surface area contributed by atoms with Crippen LogP contribution in [0, 0.1) is 0 Å². The van der Waals surface area contributed by atoms with Gasteiger partial charge in [-0.05, 0) is 86.6 Å². The molecular formula is C22H36Br2O4. The van der Waals surface area contributed by atoms with Crippen LogP contribution in [0.5, 0.6) is 0 Å². The predicted molar refractivity (Wildman–Crippen MR) is 122 cm³/mol. The van der Waals surface area contributed by atoms with Crippen LogP contribution in [0.1, 0.15) is 77.0 Å². The van der Waals surface area contributed by atoms with Crippen LogP contribution in [0.4, 0.5) is 0 Å². The van der Waals surface area contributed by atoms with Crippen LogP contribution in [0.2, 0.25) is 0 Å². The Labute approximate surface area is 187 Å². The Hall–Kier alpha value is -0.0100. The second kappa shape index (κ2) is 15.8. The van der Waals surface area contributed by atoms with Crippen LogP contribution < -0.4 is 0 Å². The molecule has 0 saturated carbocycles. The molecule has 2 aliphatic rings. The number of hydrogen-bond acceptors (Lipinski definition) is 4. The van der Waals surface area contributed by atoms with Crippen LogP contribution in [-0.2, 0) is 14.3 Å². The highest BCUT2D eigenvalue weighted by Crippen LogP contribution is 2.32. The summed E-state index contributed by atoms with van der Waals surface area (Å²) in [6, 6.07) is 0. The molecule has 1 atom stereocenters.